The third kappa shape index (κ3) is 2.61. The Morgan fingerprint density at radius 1 is 1.33 bits per heavy atom. The molecule has 96 valence electrons. The molecule has 2 rings (SSSR count). The number of para-hydroxylation sites is 1. The maximum absolute atomic E-state index is 12.1. The zero-order valence-corrected chi connectivity index (χ0v) is 10.4. The average molecular weight is 247 g/mol. The Morgan fingerprint density at radius 3 is 2.72 bits per heavy atom. The Kier molecular flexibility index (Phi) is 3.50. The molecule has 1 heterocycles. The molecule has 1 aliphatic rings. The summed E-state index contributed by atoms with van der Waals surface area (Å²) in [6.07, 6.45) is 0.254. The van der Waals surface area contributed by atoms with E-state index in [0.29, 0.717) is 18.8 Å². The first-order valence-electron chi connectivity index (χ1n) is 5.93. The van der Waals surface area contributed by atoms with Crippen LogP contribution in [0, 0.1) is 0 Å². The first kappa shape index (κ1) is 12.4. The van der Waals surface area contributed by atoms with Crippen molar-refractivity contribution in [2.45, 2.75) is 6.42 Å². The zero-order valence-electron chi connectivity index (χ0n) is 10.4. The molecule has 0 bridgehead atoms. The van der Waals surface area contributed by atoms with Gasteiger partial charge in [0.1, 0.15) is 0 Å². The second-order valence-electron chi connectivity index (χ2n) is 4.51. The van der Waals surface area contributed by atoms with Gasteiger partial charge in [0.25, 0.3) is 0 Å². The Bertz CT molecular complexity index is 473. The maximum atomic E-state index is 12.1. The summed E-state index contributed by atoms with van der Waals surface area (Å²) < 4.78 is 0. The Morgan fingerprint density at radius 2 is 2.06 bits per heavy atom. The average Bonchev–Trinajstić information content (AvgIpc) is 2.35. The molecule has 5 heteroatoms. The van der Waals surface area contributed by atoms with Crippen LogP contribution >= 0.6 is 0 Å². The van der Waals surface area contributed by atoms with Crippen LogP contribution < -0.4 is 5.73 Å². The van der Waals surface area contributed by atoms with Gasteiger partial charge in [-0.2, -0.15) is 0 Å². The number of nitrogens with two attached hydrogens (primary N) is 1. The van der Waals surface area contributed by atoms with Crippen molar-refractivity contribution in [2.75, 3.05) is 32.4 Å². The van der Waals surface area contributed by atoms with Crippen molar-refractivity contribution in [1.82, 2.24) is 9.80 Å². The molecule has 18 heavy (non-hydrogen) atoms. The number of carbonyl (C=O) groups is 2. The highest BCUT2D eigenvalue weighted by molar-refractivity contribution is 5.87. The van der Waals surface area contributed by atoms with Gasteiger partial charge in [0, 0.05) is 25.8 Å². The van der Waals surface area contributed by atoms with Crippen molar-refractivity contribution in [3.8, 4) is 0 Å². The van der Waals surface area contributed by atoms with Crippen molar-refractivity contribution in [1.29, 1.82) is 0 Å². The number of anilines is 1. The van der Waals surface area contributed by atoms with E-state index < -0.39 is 0 Å². The largest absolute Gasteiger partial charge is 0.398 e. The van der Waals surface area contributed by atoms with Crippen molar-refractivity contribution in [3.05, 3.63) is 29.8 Å². The van der Waals surface area contributed by atoms with Gasteiger partial charge in [0.2, 0.25) is 11.8 Å². The van der Waals surface area contributed by atoms with E-state index >= 15 is 0 Å². The van der Waals surface area contributed by atoms with E-state index in [2.05, 4.69) is 0 Å². The molecule has 2 amide bonds. The summed E-state index contributed by atoms with van der Waals surface area (Å²) in [7, 11) is 1.75. The lowest BCUT2D eigenvalue weighted by molar-refractivity contribution is -0.143. The van der Waals surface area contributed by atoms with Crippen LogP contribution in [0.4, 0.5) is 5.69 Å². The van der Waals surface area contributed by atoms with E-state index in [9.17, 15) is 9.59 Å². The number of piperazine rings is 1. The number of benzene rings is 1. The van der Waals surface area contributed by atoms with Crippen LogP contribution in [0.2, 0.25) is 0 Å². The number of hydrogen-bond donors (Lipinski definition) is 1. The van der Waals surface area contributed by atoms with Gasteiger partial charge >= 0.3 is 0 Å². The Balaban J connectivity index is 2.01. The number of nitrogens with zero attached hydrogens (tertiary/aromatic N) is 2. The van der Waals surface area contributed by atoms with E-state index in [-0.39, 0.29) is 24.8 Å². The summed E-state index contributed by atoms with van der Waals surface area (Å²) in [4.78, 5) is 26.8. The maximum Gasteiger partial charge on any atom is 0.241 e. The van der Waals surface area contributed by atoms with Crippen molar-refractivity contribution in [3.63, 3.8) is 0 Å². The molecule has 5 nitrogen and oxygen atoms in total. The first-order chi connectivity index (χ1) is 8.58. The van der Waals surface area contributed by atoms with Gasteiger partial charge in [-0.05, 0) is 11.6 Å². The lowest BCUT2D eigenvalue weighted by Gasteiger charge is -2.32. The number of hydrogen-bond acceptors (Lipinski definition) is 3. The van der Waals surface area contributed by atoms with Crippen LogP contribution in [-0.2, 0) is 16.0 Å². The first-order valence-corrected chi connectivity index (χ1v) is 5.93. The van der Waals surface area contributed by atoms with Gasteiger partial charge in [-0.3, -0.25) is 9.59 Å². The van der Waals surface area contributed by atoms with Crippen molar-refractivity contribution in [2.24, 2.45) is 0 Å². The standard InChI is InChI=1S/C13H17N3O2/c1-15-6-7-16(9-13(15)18)12(17)8-10-4-2-3-5-11(10)14/h2-5H,6-9,14H2,1H3. The van der Waals surface area contributed by atoms with Gasteiger partial charge < -0.3 is 15.5 Å². The molecule has 0 atom stereocenters. The van der Waals surface area contributed by atoms with Gasteiger partial charge in [-0.25, -0.2) is 0 Å². The van der Waals surface area contributed by atoms with Crippen LogP contribution in [0.25, 0.3) is 0 Å². The predicted molar refractivity (Wildman–Crippen MR) is 68.8 cm³/mol. The van der Waals surface area contributed by atoms with Gasteiger partial charge in [0.05, 0.1) is 13.0 Å². The number of rotatable bonds is 2. The van der Waals surface area contributed by atoms with Gasteiger partial charge in [0.15, 0.2) is 0 Å². The normalized spacial score (nSPS) is 15.9. The lowest BCUT2D eigenvalue weighted by Crippen LogP contribution is -2.51. The van der Waals surface area contributed by atoms with E-state index in [1.165, 1.54) is 0 Å². The number of likely N-dealkylation sites (N-methyl/N-ethyl adjacent to an activating group) is 1. The van der Waals surface area contributed by atoms with Crippen LogP contribution in [0.5, 0.6) is 0 Å². The van der Waals surface area contributed by atoms with Crippen LogP contribution in [-0.4, -0.2) is 48.3 Å². The van der Waals surface area contributed by atoms with Crippen LogP contribution in [0.15, 0.2) is 24.3 Å². The minimum atomic E-state index is -0.0469. The fourth-order valence-corrected chi connectivity index (χ4v) is 1.94. The molecule has 0 saturated carbocycles. The number of nitrogen functional groups attached to an aromatic ring is 1. The zero-order chi connectivity index (χ0) is 13.1. The molecule has 0 radical (unpaired) electrons. The van der Waals surface area contributed by atoms with Crippen LogP contribution in [0.3, 0.4) is 0 Å². The van der Waals surface area contributed by atoms with E-state index in [1.54, 1.807) is 22.9 Å². The molecule has 0 aromatic heterocycles. The summed E-state index contributed by atoms with van der Waals surface area (Å²) in [6.45, 7) is 1.35. The predicted octanol–water partition coefficient (Wildman–Crippen LogP) is 0.112. The topological polar surface area (TPSA) is 66.6 Å². The van der Waals surface area contributed by atoms with Crippen molar-refractivity contribution >= 4 is 17.5 Å². The molecule has 0 spiro atoms. The third-order valence-corrected chi connectivity index (χ3v) is 3.21. The third-order valence-electron chi connectivity index (χ3n) is 3.21. The van der Waals surface area contributed by atoms with Gasteiger partial charge in [-0.15, -0.1) is 0 Å². The van der Waals surface area contributed by atoms with Crippen molar-refractivity contribution < 1.29 is 9.59 Å². The quantitative estimate of drug-likeness (QED) is 0.754. The molecule has 1 aliphatic heterocycles. The molecule has 1 aromatic carbocycles. The second kappa shape index (κ2) is 5.08. The summed E-state index contributed by atoms with van der Waals surface area (Å²) in [5.41, 5.74) is 7.23. The fourth-order valence-electron chi connectivity index (χ4n) is 1.94. The number of carbonyl (C=O) groups excluding carboxylic acids is 2. The molecular weight excluding hydrogens is 230 g/mol. The monoisotopic (exact) mass is 247 g/mol. The minimum absolute atomic E-state index is 0.0179. The molecule has 1 saturated heterocycles. The summed E-state index contributed by atoms with van der Waals surface area (Å²) >= 11 is 0. The van der Waals surface area contributed by atoms with E-state index in [0.717, 1.165) is 5.56 Å². The summed E-state index contributed by atoms with van der Waals surface area (Å²) in [5, 5.41) is 0. The molecular formula is C13H17N3O2. The molecule has 1 fully saturated rings. The fraction of sp³-hybridized carbons (Fsp3) is 0.385. The van der Waals surface area contributed by atoms with Crippen LogP contribution in [0.1, 0.15) is 5.56 Å². The highest BCUT2D eigenvalue weighted by atomic mass is 16.2. The number of amides is 2. The van der Waals surface area contributed by atoms with E-state index in [1.807, 2.05) is 18.2 Å². The lowest BCUT2D eigenvalue weighted by atomic mass is 10.1. The highest BCUT2D eigenvalue weighted by Gasteiger charge is 2.24. The summed E-state index contributed by atoms with van der Waals surface area (Å²) in [6, 6.07) is 7.31. The highest BCUT2D eigenvalue weighted by Crippen LogP contribution is 2.13. The Hall–Kier alpha value is -2.04. The SMILES string of the molecule is CN1CCN(C(=O)Cc2ccccc2N)CC1=O. The Labute approximate surface area is 106 Å². The molecule has 2 N–H and O–H groups in total. The van der Waals surface area contributed by atoms with Gasteiger partial charge in [-0.1, -0.05) is 18.2 Å². The molecule has 1 aromatic rings. The van der Waals surface area contributed by atoms with E-state index in [4.69, 9.17) is 5.73 Å². The second-order valence-corrected chi connectivity index (χ2v) is 4.51. The minimum Gasteiger partial charge on any atom is -0.398 e. The smallest absolute Gasteiger partial charge is 0.241 e. The molecule has 0 unspecified atom stereocenters. The molecule has 0 aliphatic carbocycles. The summed E-state index contributed by atoms with van der Waals surface area (Å²) in [5.74, 6) is -0.0648.